The highest BCUT2D eigenvalue weighted by molar-refractivity contribution is 7.89. The number of aliphatic hydroxyl groups is 1. The third-order valence-corrected chi connectivity index (χ3v) is 8.40. The number of ether oxygens (including phenoxy) is 1. The number of carbonyl (C=O) groups is 2. The van der Waals surface area contributed by atoms with Crippen LogP contribution in [0.2, 0.25) is 0 Å². The number of likely N-dealkylation sites (N-methyl/N-ethyl adjacent to an activating group) is 1. The molecule has 2 aromatic rings. The second-order valence-corrected chi connectivity index (χ2v) is 11.8. The number of anilines is 1. The number of rotatable bonds is 9. The molecule has 0 aliphatic carbocycles. The van der Waals surface area contributed by atoms with Crippen molar-refractivity contribution in [3.8, 4) is 5.75 Å². The maximum absolute atomic E-state index is 13.5. The molecule has 0 radical (unpaired) electrons. The number of fused-ring (bicyclic) bond motifs is 1. The quantitative estimate of drug-likeness (QED) is 0.432. The van der Waals surface area contributed by atoms with Crippen molar-refractivity contribution in [2.75, 3.05) is 32.1 Å². The number of carbonyl (C=O) groups excluding carboxylic acids is 2. The van der Waals surface area contributed by atoms with Gasteiger partial charge in [0.1, 0.15) is 11.9 Å². The molecular weight excluding hydrogens is 558 g/mol. The predicted molar refractivity (Wildman–Crippen MR) is 138 cm³/mol. The van der Waals surface area contributed by atoms with E-state index >= 15 is 0 Å². The number of amides is 2. The zero-order valence-electron chi connectivity index (χ0n) is 22.1. The minimum Gasteiger partial charge on any atom is -0.486 e. The summed E-state index contributed by atoms with van der Waals surface area (Å²) in [6, 6.07) is 7.83. The maximum atomic E-state index is 13.5. The molecule has 220 valence electrons. The van der Waals surface area contributed by atoms with Crippen molar-refractivity contribution in [1.29, 1.82) is 0 Å². The first-order chi connectivity index (χ1) is 18.6. The van der Waals surface area contributed by atoms with Gasteiger partial charge >= 0.3 is 6.18 Å². The van der Waals surface area contributed by atoms with Gasteiger partial charge in [0.25, 0.3) is 5.91 Å². The number of hydrogen-bond donors (Lipinski definition) is 2. The summed E-state index contributed by atoms with van der Waals surface area (Å²) in [5.41, 5.74) is -0.0763. The van der Waals surface area contributed by atoms with Crippen molar-refractivity contribution < 1.29 is 45.4 Å². The van der Waals surface area contributed by atoms with E-state index < -0.39 is 64.7 Å². The van der Waals surface area contributed by atoms with Gasteiger partial charge in [-0.1, -0.05) is 13.0 Å². The molecule has 2 amide bonds. The summed E-state index contributed by atoms with van der Waals surface area (Å²) in [5, 5.41) is 12.1. The van der Waals surface area contributed by atoms with Crippen LogP contribution >= 0.6 is 0 Å². The minimum atomic E-state index is -4.54. The number of para-hydroxylation sites is 1. The predicted octanol–water partition coefficient (Wildman–Crippen LogP) is 3.65. The molecule has 0 unspecified atom stereocenters. The molecule has 14 heteroatoms. The molecule has 0 bridgehead atoms. The molecule has 1 aliphatic heterocycles. The molecule has 0 spiro atoms. The number of halogens is 4. The normalized spacial score (nSPS) is 18.9. The van der Waals surface area contributed by atoms with E-state index in [4.69, 9.17) is 4.74 Å². The Labute approximate surface area is 229 Å². The van der Waals surface area contributed by atoms with Gasteiger partial charge in [-0.15, -0.1) is 0 Å². The standard InChI is InChI=1S/C26H31F4N3O6S/c1-16-13-33(17(2)15-34)25(36)20-5-4-6-21(31-23(35)11-12-26(28,29)30)24(20)39-22(16)14-32(3)40(37,38)19-9-7-18(27)8-10-19/h4-10,16-17,22,34H,11-15H2,1-3H3,(H,31,35)/t16-,17+,22+/m0/s1. The lowest BCUT2D eigenvalue weighted by atomic mass is 9.99. The SMILES string of the molecule is C[C@H](CO)N1C[C@H](C)[C@@H](CN(C)S(=O)(=O)c2ccc(F)cc2)Oc2c(NC(=O)CCC(F)(F)F)cccc2C1=O. The van der Waals surface area contributed by atoms with E-state index in [0.29, 0.717) is 0 Å². The van der Waals surface area contributed by atoms with Gasteiger partial charge in [0.05, 0.1) is 41.8 Å². The highest BCUT2D eigenvalue weighted by Gasteiger charge is 2.36. The lowest BCUT2D eigenvalue weighted by Crippen LogP contribution is -2.50. The zero-order valence-corrected chi connectivity index (χ0v) is 22.9. The number of sulfonamides is 1. The van der Waals surface area contributed by atoms with Gasteiger partial charge in [0.2, 0.25) is 15.9 Å². The Balaban J connectivity index is 1.99. The van der Waals surface area contributed by atoms with E-state index in [1.165, 1.54) is 30.1 Å². The van der Waals surface area contributed by atoms with Gasteiger partial charge in [-0.3, -0.25) is 9.59 Å². The number of hydrogen-bond acceptors (Lipinski definition) is 6. The van der Waals surface area contributed by atoms with Crippen LogP contribution in [0.15, 0.2) is 47.4 Å². The van der Waals surface area contributed by atoms with Crippen LogP contribution in [-0.4, -0.2) is 79.6 Å². The van der Waals surface area contributed by atoms with E-state index in [9.17, 15) is 40.7 Å². The smallest absolute Gasteiger partial charge is 0.389 e. The molecule has 2 aromatic carbocycles. The highest BCUT2D eigenvalue weighted by atomic mass is 32.2. The van der Waals surface area contributed by atoms with Crippen LogP contribution in [0.5, 0.6) is 5.75 Å². The van der Waals surface area contributed by atoms with Gasteiger partial charge in [0.15, 0.2) is 5.75 Å². The van der Waals surface area contributed by atoms with Crippen LogP contribution in [0, 0.1) is 11.7 Å². The topological polar surface area (TPSA) is 116 Å². The van der Waals surface area contributed by atoms with Gasteiger partial charge in [-0.25, -0.2) is 12.8 Å². The summed E-state index contributed by atoms with van der Waals surface area (Å²) in [7, 11) is -2.78. The molecule has 0 saturated carbocycles. The molecule has 0 aromatic heterocycles. The van der Waals surface area contributed by atoms with Crippen molar-refractivity contribution in [3.63, 3.8) is 0 Å². The van der Waals surface area contributed by atoms with E-state index in [-0.39, 0.29) is 41.6 Å². The monoisotopic (exact) mass is 589 g/mol. The molecule has 2 N–H and O–H groups in total. The maximum Gasteiger partial charge on any atom is 0.389 e. The number of nitrogens with zero attached hydrogens (tertiary/aromatic N) is 2. The van der Waals surface area contributed by atoms with Crippen molar-refractivity contribution in [2.24, 2.45) is 5.92 Å². The van der Waals surface area contributed by atoms with Crippen molar-refractivity contribution in [1.82, 2.24) is 9.21 Å². The van der Waals surface area contributed by atoms with Crippen LogP contribution in [0.25, 0.3) is 0 Å². The third kappa shape index (κ3) is 7.49. The van der Waals surface area contributed by atoms with Crippen molar-refractivity contribution in [2.45, 2.75) is 49.9 Å². The fourth-order valence-electron chi connectivity index (χ4n) is 4.17. The molecule has 0 fully saturated rings. The fraction of sp³-hybridized carbons (Fsp3) is 0.462. The molecule has 1 heterocycles. The van der Waals surface area contributed by atoms with Crippen LogP contribution in [0.1, 0.15) is 37.0 Å². The van der Waals surface area contributed by atoms with Crippen LogP contribution in [0.3, 0.4) is 0 Å². The number of aliphatic hydroxyl groups excluding tert-OH is 1. The van der Waals surface area contributed by atoms with Gasteiger partial charge in [-0.2, -0.15) is 17.5 Å². The summed E-state index contributed by atoms with van der Waals surface area (Å²) in [6.07, 6.45) is -7.65. The summed E-state index contributed by atoms with van der Waals surface area (Å²) >= 11 is 0. The first-order valence-corrected chi connectivity index (χ1v) is 13.9. The van der Waals surface area contributed by atoms with Gasteiger partial charge in [0, 0.05) is 25.9 Å². The Morgan fingerprint density at radius 3 is 2.48 bits per heavy atom. The molecule has 0 saturated heterocycles. The molecule has 1 aliphatic rings. The van der Waals surface area contributed by atoms with Crippen molar-refractivity contribution in [3.05, 3.63) is 53.8 Å². The lowest BCUT2D eigenvalue weighted by Gasteiger charge is -2.38. The first kappa shape index (κ1) is 31.3. The molecule has 3 atom stereocenters. The van der Waals surface area contributed by atoms with E-state index in [2.05, 4.69) is 5.32 Å². The average molecular weight is 590 g/mol. The Morgan fingerprint density at radius 1 is 1.23 bits per heavy atom. The molecule has 3 rings (SSSR count). The Morgan fingerprint density at radius 2 is 1.88 bits per heavy atom. The summed E-state index contributed by atoms with van der Waals surface area (Å²) < 4.78 is 84.8. The van der Waals surface area contributed by atoms with Crippen molar-refractivity contribution >= 4 is 27.5 Å². The minimum absolute atomic E-state index is 0.0186. The van der Waals surface area contributed by atoms with E-state index in [1.54, 1.807) is 13.8 Å². The first-order valence-electron chi connectivity index (χ1n) is 12.4. The number of benzene rings is 2. The largest absolute Gasteiger partial charge is 0.486 e. The number of alkyl halides is 3. The highest BCUT2D eigenvalue weighted by Crippen LogP contribution is 2.35. The summed E-state index contributed by atoms with van der Waals surface area (Å²) in [5.74, 6) is -2.74. The Bertz CT molecular complexity index is 1320. The molecular formula is C26H31F4N3O6S. The second kappa shape index (κ2) is 12.5. The second-order valence-electron chi connectivity index (χ2n) is 9.71. The lowest BCUT2D eigenvalue weighted by molar-refractivity contribution is -0.142. The third-order valence-electron chi connectivity index (χ3n) is 6.56. The number of nitrogens with one attached hydrogen (secondary N) is 1. The molecule has 9 nitrogen and oxygen atoms in total. The average Bonchev–Trinajstić information content (AvgIpc) is 2.89. The Hall–Kier alpha value is -3.23. The van der Waals surface area contributed by atoms with Crippen LogP contribution < -0.4 is 10.1 Å². The van der Waals surface area contributed by atoms with Gasteiger partial charge in [-0.05, 0) is 43.3 Å². The van der Waals surface area contributed by atoms with E-state index in [1.807, 2.05) is 0 Å². The zero-order chi connectivity index (χ0) is 29.8. The summed E-state index contributed by atoms with van der Waals surface area (Å²) in [6.45, 7) is 2.81. The van der Waals surface area contributed by atoms with E-state index in [0.717, 1.165) is 28.6 Å². The van der Waals surface area contributed by atoms with Crippen LogP contribution in [-0.2, 0) is 14.8 Å². The molecule has 40 heavy (non-hydrogen) atoms. The fourth-order valence-corrected chi connectivity index (χ4v) is 5.35. The van der Waals surface area contributed by atoms with Gasteiger partial charge < -0.3 is 20.1 Å². The Kier molecular flexibility index (Phi) is 9.80. The summed E-state index contributed by atoms with van der Waals surface area (Å²) in [4.78, 5) is 27.0. The van der Waals surface area contributed by atoms with Crippen LogP contribution in [0.4, 0.5) is 23.2 Å².